The Hall–Kier alpha value is -1.72. The summed E-state index contributed by atoms with van der Waals surface area (Å²) >= 11 is 7.77. The van der Waals surface area contributed by atoms with Gasteiger partial charge in [-0.15, -0.1) is 0 Å². The van der Waals surface area contributed by atoms with Crippen molar-refractivity contribution in [3.8, 4) is 5.13 Å². The second-order valence-corrected chi connectivity index (χ2v) is 5.76. The summed E-state index contributed by atoms with van der Waals surface area (Å²) in [6.07, 6.45) is 2.41. The summed E-state index contributed by atoms with van der Waals surface area (Å²) in [5.41, 5.74) is 2.10. The fraction of sp³-hybridized carbons (Fsp3) is 0.214. The maximum absolute atomic E-state index is 11.2. The number of aromatic nitrogens is 3. The summed E-state index contributed by atoms with van der Waals surface area (Å²) in [6, 6.07) is 7.85. The fourth-order valence-corrected chi connectivity index (χ4v) is 3.31. The maximum atomic E-state index is 11.2. The Morgan fingerprint density at radius 3 is 2.90 bits per heavy atom. The van der Waals surface area contributed by atoms with Crippen LogP contribution in [0.3, 0.4) is 0 Å². The van der Waals surface area contributed by atoms with Crippen LogP contribution < -0.4 is 0 Å². The minimum atomic E-state index is 0.336. The highest BCUT2D eigenvalue weighted by molar-refractivity contribution is 7.20. The molecule has 0 saturated carbocycles. The van der Waals surface area contributed by atoms with E-state index in [1.165, 1.54) is 11.3 Å². The van der Waals surface area contributed by atoms with Gasteiger partial charge in [-0.05, 0) is 18.6 Å². The molecular weight excluding hydrogens is 294 g/mol. The lowest BCUT2D eigenvalue weighted by molar-refractivity contribution is 0.112. The monoisotopic (exact) mass is 305 g/mol. The summed E-state index contributed by atoms with van der Waals surface area (Å²) in [4.78, 5) is 15.7. The third-order valence-electron chi connectivity index (χ3n) is 3.01. The number of para-hydroxylation sites is 1. The van der Waals surface area contributed by atoms with E-state index in [4.69, 9.17) is 11.6 Å². The van der Waals surface area contributed by atoms with E-state index in [2.05, 4.69) is 10.1 Å². The molecule has 0 fully saturated rings. The Balaban J connectivity index is 2.15. The van der Waals surface area contributed by atoms with E-state index in [1.54, 1.807) is 4.68 Å². The van der Waals surface area contributed by atoms with Gasteiger partial charge >= 0.3 is 0 Å². The van der Waals surface area contributed by atoms with Crippen molar-refractivity contribution >= 4 is 39.4 Å². The molecule has 3 rings (SSSR count). The van der Waals surface area contributed by atoms with E-state index < -0.39 is 0 Å². The van der Waals surface area contributed by atoms with E-state index >= 15 is 0 Å². The molecule has 0 radical (unpaired) electrons. The van der Waals surface area contributed by atoms with Crippen molar-refractivity contribution < 1.29 is 4.79 Å². The van der Waals surface area contributed by atoms with Gasteiger partial charge in [-0.1, -0.05) is 48.4 Å². The predicted molar refractivity (Wildman–Crippen MR) is 81.1 cm³/mol. The van der Waals surface area contributed by atoms with Gasteiger partial charge in [-0.3, -0.25) is 4.79 Å². The summed E-state index contributed by atoms with van der Waals surface area (Å²) < 4.78 is 2.62. The second kappa shape index (κ2) is 5.34. The highest BCUT2D eigenvalue weighted by Crippen LogP contribution is 2.29. The highest BCUT2D eigenvalue weighted by atomic mass is 35.5. The molecule has 0 aliphatic carbocycles. The molecule has 0 atom stereocenters. The molecule has 0 saturated heterocycles. The molecule has 0 amide bonds. The van der Waals surface area contributed by atoms with Gasteiger partial charge in [0.2, 0.25) is 5.13 Å². The Morgan fingerprint density at radius 1 is 1.40 bits per heavy atom. The first-order valence-corrected chi connectivity index (χ1v) is 7.52. The Kier molecular flexibility index (Phi) is 3.54. The molecule has 0 unspecified atom stereocenters. The van der Waals surface area contributed by atoms with Gasteiger partial charge in [0.15, 0.2) is 6.29 Å². The number of carbonyl (C=O) groups is 1. The lowest BCUT2D eigenvalue weighted by Crippen LogP contribution is -1.96. The van der Waals surface area contributed by atoms with Crippen molar-refractivity contribution in [2.45, 2.75) is 19.8 Å². The van der Waals surface area contributed by atoms with Crippen molar-refractivity contribution in [2.24, 2.45) is 0 Å². The molecule has 0 aliphatic rings. The van der Waals surface area contributed by atoms with Crippen molar-refractivity contribution in [3.05, 3.63) is 40.7 Å². The summed E-state index contributed by atoms with van der Waals surface area (Å²) in [5, 5.41) is 5.45. The fourth-order valence-electron chi connectivity index (χ4n) is 2.07. The number of aldehydes is 1. The number of hydrogen-bond acceptors (Lipinski definition) is 4. The summed E-state index contributed by atoms with van der Waals surface area (Å²) in [7, 11) is 0. The zero-order valence-electron chi connectivity index (χ0n) is 10.8. The van der Waals surface area contributed by atoms with Gasteiger partial charge in [0.05, 0.1) is 21.5 Å². The van der Waals surface area contributed by atoms with Gasteiger partial charge < -0.3 is 0 Å². The normalized spacial score (nSPS) is 11.1. The molecule has 3 aromatic rings. The first kappa shape index (κ1) is 13.3. The number of rotatable bonds is 4. The molecule has 4 nitrogen and oxygen atoms in total. The van der Waals surface area contributed by atoms with Crippen LogP contribution in [0.2, 0.25) is 5.15 Å². The van der Waals surface area contributed by atoms with E-state index in [0.29, 0.717) is 15.8 Å². The zero-order valence-corrected chi connectivity index (χ0v) is 12.4. The number of fused-ring (bicyclic) bond motifs is 1. The van der Waals surface area contributed by atoms with Gasteiger partial charge in [0.25, 0.3) is 0 Å². The molecule has 0 bridgehead atoms. The Labute approximate surface area is 125 Å². The van der Waals surface area contributed by atoms with E-state index in [1.807, 2.05) is 31.2 Å². The number of thiazole rings is 1. The van der Waals surface area contributed by atoms with E-state index in [0.717, 1.165) is 35.0 Å². The van der Waals surface area contributed by atoms with Crippen LogP contribution in [0.4, 0.5) is 0 Å². The van der Waals surface area contributed by atoms with Crippen LogP contribution in [-0.4, -0.2) is 21.1 Å². The number of carbonyl (C=O) groups excluding carboxylic acids is 1. The van der Waals surface area contributed by atoms with Gasteiger partial charge in [0.1, 0.15) is 5.15 Å². The van der Waals surface area contributed by atoms with Gasteiger partial charge in [-0.25, -0.2) is 4.98 Å². The maximum Gasteiger partial charge on any atom is 0.212 e. The summed E-state index contributed by atoms with van der Waals surface area (Å²) in [6.45, 7) is 2.04. The zero-order chi connectivity index (χ0) is 14.1. The van der Waals surface area contributed by atoms with Gasteiger partial charge in [0, 0.05) is 0 Å². The number of aryl methyl sites for hydroxylation is 1. The van der Waals surface area contributed by atoms with Crippen molar-refractivity contribution in [1.82, 2.24) is 14.8 Å². The number of nitrogens with zero attached hydrogens (tertiary/aromatic N) is 3. The minimum Gasteiger partial charge on any atom is -0.298 e. The highest BCUT2D eigenvalue weighted by Gasteiger charge is 2.18. The van der Waals surface area contributed by atoms with Crippen LogP contribution in [-0.2, 0) is 6.42 Å². The predicted octanol–water partition coefficient (Wildman–Crippen LogP) is 3.90. The average Bonchev–Trinajstić information content (AvgIpc) is 3.00. The number of benzene rings is 1. The van der Waals surface area contributed by atoms with Crippen LogP contribution in [0, 0.1) is 0 Å². The van der Waals surface area contributed by atoms with Crippen molar-refractivity contribution in [1.29, 1.82) is 0 Å². The molecular formula is C14H12ClN3OS. The molecule has 0 aliphatic heterocycles. The number of halogens is 1. The molecule has 1 aromatic carbocycles. The third kappa shape index (κ3) is 2.13. The van der Waals surface area contributed by atoms with Crippen LogP contribution in [0.15, 0.2) is 24.3 Å². The lowest BCUT2D eigenvalue weighted by atomic mass is 10.2. The Morgan fingerprint density at radius 2 is 2.20 bits per heavy atom. The number of hydrogen-bond donors (Lipinski definition) is 0. The SMILES string of the molecule is CCCc1nn(-c2nc3ccccc3s2)c(Cl)c1C=O. The van der Waals surface area contributed by atoms with Crippen molar-refractivity contribution in [2.75, 3.05) is 0 Å². The quantitative estimate of drug-likeness (QED) is 0.687. The average molecular weight is 306 g/mol. The molecule has 20 heavy (non-hydrogen) atoms. The van der Waals surface area contributed by atoms with Crippen LogP contribution in [0.5, 0.6) is 0 Å². The van der Waals surface area contributed by atoms with Gasteiger partial charge in [-0.2, -0.15) is 9.78 Å². The third-order valence-corrected chi connectivity index (χ3v) is 4.38. The Bertz CT molecular complexity index is 745. The largest absolute Gasteiger partial charge is 0.298 e. The van der Waals surface area contributed by atoms with Crippen LogP contribution in [0.25, 0.3) is 15.3 Å². The molecule has 6 heteroatoms. The summed E-state index contributed by atoms with van der Waals surface area (Å²) in [5.74, 6) is 0. The first-order chi connectivity index (χ1) is 9.74. The second-order valence-electron chi connectivity index (χ2n) is 4.39. The molecule has 2 aromatic heterocycles. The molecule has 0 N–H and O–H groups in total. The standard InChI is InChI=1S/C14H12ClN3OS/c1-2-5-10-9(8-19)13(15)18(17-10)14-16-11-6-3-4-7-12(11)20-14/h3-4,6-8H,2,5H2,1H3. The molecule has 2 heterocycles. The van der Waals surface area contributed by atoms with E-state index in [-0.39, 0.29) is 0 Å². The van der Waals surface area contributed by atoms with Crippen LogP contribution in [0.1, 0.15) is 29.4 Å². The molecule has 0 spiro atoms. The topological polar surface area (TPSA) is 47.8 Å². The first-order valence-electron chi connectivity index (χ1n) is 6.33. The smallest absolute Gasteiger partial charge is 0.212 e. The van der Waals surface area contributed by atoms with Crippen LogP contribution >= 0.6 is 22.9 Å². The van der Waals surface area contributed by atoms with Crippen molar-refractivity contribution in [3.63, 3.8) is 0 Å². The lowest BCUT2D eigenvalue weighted by Gasteiger charge is -1.95. The molecule has 102 valence electrons. The minimum absolute atomic E-state index is 0.336. The van der Waals surface area contributed by atoms with E-state index in [9.17, 15) is 4.79 Å².